The fourth-order valence-electron chi connectivity index (χ4n) is 1.81. The van der Waals surface area contributed by atoms with E-state index < -0.39 is 5.91 Å². The second kappa shape index (κ2) is 5.56. The van der Waals surface area contributed by atoms with Crippen molar-refractivity contribution in [3.05, 3.63) is 47.2 Å². The van der Waals surface area contributed by atoms with Crippen LogP contribution >= 0.6 is 0 Å². The van der Waals surface area contributed by atoms with Gasteiger partial charge in [-0.15, -0.1) is 0 Å². The average molecular weight is 273 g/mol. The van der Waals surface area contributed by atoms with Gasteiger partial charge in [-0.2, -0.15) is 0 Å². The molecule has 0 aliphatic heterocycles. The zero-order valence-corrected chi connectivity index (χ0v) is 11.3. The highest BCUT2D eigenvalue weighted by molar-refractivity contribution is 5.95. The lowest BCUT2D eigenvalue weighted by atomic mass is 10.2. The minimum Gasteiger partial charge on any atom is -0.445 e. The first-order valence-corrected chi connectivity index (χ1v) is 6.08. The molecule has 1 aromatic carbocycles. The highest BCUT2D eigenvalue weighted by Gasteiger charge is 2.12. The van der Waals surface area contributed by atoms with Crippen molar-refractivity contribution in [3.63, 3.8) is 0 Å². The van der Waals surface area contributed by atoms with Crippen molar-refractivity contribution in [1.29, 1.82) is 0 Å². The number of benzene rings is 1. The highest BCUT2D eigenvalue weighted by Crippen LogP contribution is 2.13. The number of hydrogen-bond donors (Lipinski definition) is 2. The second-order valence-electron chi connectivity index (χ2n) is 4.41. The Balaban J connectivity index is 2.01. The van der Waals surface area contributed by atoms with Crippen molar-refractivity contribution in [2.45, 2.75) is 20.3 Å². The number of hydrogen-bond acceptors (Lipinski definition) is 4. The molecule has 0 unspecified atom stereocenters. The number of nitrogens with zero attached hydrogens (tertiary/aromatic N) is 1. The summed E-state index contributed by atoms with van der Waals surface area (Å²) in [4.78, 5) is 26.9. The number of oxazole rings is 1. The van der Waals surface area contributed by atoms with Crippen molar-refractivity contribution in [2.75, 3.05) is 5.32 Å². The third-order valence-electron chi connectivity index (χ3n) is 2.77. The van der Waals surface area contributed by atoms with Gasteiger partial charge in [-0.25, -0.2) is 4.98 Å². The van der Waals surface area contributed by atoms with Gasteiger partial charge in [0.1, 0.15) is 5.76 Å². The Labute approximate surface area is 116 Å². The summed E-state index contributed by atoms with van der Waals surface area (Å²) < 4.78 is 5.34. The summed E-state index contributed by atoms with van der Waals surface area (Å²) in [6.45, 7) is 3.53. The number of nitrogens with one attached hydrogen (secondary N) is 1. The van der Waals surface area contributed by atoms with E-state index in [1.807, 2.05) is 0 Å². The molecular weight excluding hydrogens is 258 g/mol. The molecular formula is C14H15N3O3. The van der Waals surface area contributed by atoms with Gasteiger partial charge >= 0.3 is 0 Å². The summed E-state index contributed by atoms with van der Waals surface area (Å²) in [6, 6.07) is 6.36. The summed E-state index contributed by atoms with van der Waals surface area (Å²) in [5, 5.41) is 2.71. The van der Waals surface area contributed by atoms with Crippen molar-refractivity contribution in [3.8, 4) is 0 Å². The van der Waals surface area contributed by atoms with Crippen LogP contribution in [0.25, 0.3) is 0 Å². The fourth-order valence-corrected chi connectivity index (χ4v) is 1.81. The molecule has 6 nitrogen and oxygen atoms in total. The van der Waals surface area contributed by atoms with Gasteiger partial charge in [0.15, 0.2) is 5.89 Å². The molecule has 1 heterocycles. The first kappa shape index (κ1) is 13.8. The quantitative estimate of drug-likeness (QED) is 0.883. The van der Waals surface area contributed by atoms with E-state index in [1.54, 1.807) is 38.1 Å². The van der Waals surface area contributed by atoms with Gasteiger partial charge in [-0.3, -0.25) is 9.59 Å². The van der Waals surface area contributed by atoms with Crippen molar-refractivity contribution >= 4 is 17.5 Å². The van der Waals surface area contributed by atoms with Gasteiger partial charge in [0.2, 0.25) is 11.8 Å². The summed E-state index contributed by atoms with van der Waals surface area (Å²) >= 11 is 0. The minimum absolute atomic E-state index is 0.115. The Morgan fingerprint density at radius 3 is 2.40 bits per heavy atom. The largest absolute Gasteiger partial charge is 0.445 e. The van der Waals surface area contributed by atoms with Crippen LogP contribution in [0.15, 0.2) is 28.7 Å². The molecule has 1 aromatic heterocycles. The highest BCUT2D eigenvalue weighted by atomic mass is 16.4. The fraction of sp³-hybridized carbons (Fsp3) is 0.214. The molecule has 0 saturated carbocycles. The molecule has 0 aliphatic carbocycles. The Kier molecular flexibility index (Phi) is 3.84. The molecule has 2 aromatic rings. The zero-order chi connectivity index (χ0) is 14.7. The normalized spacial score (nSPS) is 10.3. The third-order valence-corrected chi connectivity index (χ3v) is 2.77. The molecule has 0 saturated heterocycles. The van der Waals surface area contributed by atoms with E-state index in [-0.39, 0.29) is 12.3 Å². The lowest BCUT2D eigenvalue weighted by molar-refractivity contribution is -0.115. The van der Waals surface area contributed by atoms with Crippen LogP contribution in [0, 0.1) is 13.8 Å². The predicted octanol–water partition coefficient (Wildman–Crippen LogP) is 1.57. The molecule has 0 aliphatic rings. The van der Waals surface area contributed by atoms with Gasteiger partial charge in [0, 0.05) is 18.2 Å². The summed E-state index contributed by atoms with van der Waals surface area (Å²) in [5.41, 5.74) is 6.84. The molecule has 6 heteroatoms. The first-order chi connectivity index (χ1) is 9.45. The maximum Gasteiger partial charge on any atom is 0.248 e. The van der Waals surface area contributed by atoms with E-state index in [0.29, 0.717) is 28.6 Å². The minimum atomic E-state index is -0.504. The monoisotopic (exact) mass is 273 g/mol. The number of anilines is 1. The lowest BCUT2D eigenvalue weighted by Crippen LogP contribution is -2.15. The Bertz CT molecular complexity index is 644. The lowest BCUT2D eigenvalue weighted by Gasteiger charge is -2.04. The maximum atomic E-state index is 11.9. The smallest absolute Gasteiger partial charge is 0.248 e. The third kappa shape index (κ3) is 3.23. The van der Waals surface area contributed by atoms with Gasteiger partial charge in [0.05, 0.1) is 12.1 Å². The number of carbonyl (C=O) groups excluding carboxylic acids is 2. The van der Waals surface area contributed by atoms with Crippen molar-refractivity contribution in [1.82, 2.24) is 4.98 Å². The van der Waals surface area contributed by atoms with Crippen LogP contribution in [0.4, 0.5) is 5.69 Å². The van der Waals surface area contributed by atoms with E-state index in [2.05, 4.69) is 10.3 Å². The molecule has 0 radical (unpaired) electrons. The van der Waals surface area contributed by atoms with Crippen LogP contribution in [0.5, 0.6) is 0 Å². The van der Waals surface area contributed by atoms with E-state index in [9.17, 15) is 9.59 Å². The van der Waals surface area contributed by atoms with Crippen LogP contribution in [0.3, 0.4) is 0 Å². The zero-order valence-electron chi connectivity index (χ0n) is 11.3. The van der Waals surface area contributed by atoms with E-state index in [1.165, 1.54) is 0 Å². The number of amides is 2. The SMILES string of the molecule is Cc1nc(C)c(CC(=O)Nc2ccc(C(N)=O)cc2)o1. The van der Waals surface area contributed by atoms with Crippen molar-refractivity contribution < 1.29 is 14.0 Å². The Hall–Kier alpha value is -2.63. The number of aromatic nitrogens is 1. The molecule has 2 rings (SSSR count). The van der Waals surface area contributed by atoms with E-state index in [0.717, 1.165) is 0 Å². The summed E-state index contributed by atoms with van der Waals surface area (Å²) in [7, 11) is 0. The van der Waals surface area contributed by atoms with Crippen LogP contribution in [-0.4, -0.2) is 16.8 Å². The standard InChI is InChI=1S/C14H15N3O3/c1-8-12(20-9(2)16-8)7-13(18)17-11-5-3-10(4-6-11)14(15)19/h3-6H,7H2,1-2H3,(H2,15,19)(H,17,18). The molecule has 0 spiro atoms. The Morgan fingerprint density at radius 2 is 1.90 bits per heavy atom. The second-order valence-corrected chi connectivity index (χ2v) is 4.41. The van der Waals surface area contributed by atoms with Crippen LogP contribution in [-0.2, 0) is 11.2 Å². The molecule has 104 valence electrons. The van der Waals surface area contributed by atoms with Crippen molar-refractivity contribution in [2.24, 2.45) is 5.73 Å². The topological polar surface area (TPSA) is 98.2 Å². The molecule has 0 bridgehead atoms. The first-order valence-electron chi connectivity index (χ1n) is 6.08. The Morgan fingerprint density at radius 1 is 1.25 bits per heavy atom. The van der Waals surface area contributed by atoms with Gasteiger partial charge in [-0.05, 0) is 31.2 Å². The number of rotatable bonds is 4. The van der Waals surface area contributed by atoms with Crippen LogP contribution < -0.4 is 11.1 Å². The molecule has 0 fully saturated rings. The predicted molar refractivity (Wildman–Crippen MR) is 73.3 cm³/mol. The van der Waals surface area contributed by atoms with Crippen LogP contribution in [0.1, 0.15) is 27.7 Å². The molecule has 0 atom stereocenters. The molecule has 20 heavy (non-hydrogen) atoms. The summed E-state index contributed by atoms with van der Waals surface area (Å²) in [6.07, 6.45) is 0.115. The number of primary amides is 1. The maximum absolute atomic E-state index is 11.9. The molecule has 2 amide bonds. The van der Waals surface area contributed by atoms with E-state index >= 15 is 0 Å². The van der Waals surface area contributed by atoms with Gasteiger partial charge in [-0.1, -0.05) is 0 Å². The average Bonchev–Trinajstić information content (AvgIpc) is 2.68. The summed E-state index contributed by atoms with van der Waals surface area (Å²) in [5.74, 6) is 0.372. The number of carbonyl (C=O) groups is 2. The molecule has 3 N–H and O–H groups in total. The van der Waals surface area contributed by atoms with E-state index in [4.69, 9.17) is 10.2 Å². The number of aryl methyl sites for hydroxylation is 2. The van der Waals surface area contributed by atoms with Crippen LogP contribution in [0.2, 0.25) is 0 Å². The number of nitrogens with two attached hydrogens (primary N) is 1. The van der Waals surface area contributed by atoms with Gasteiger partial charge < -0.3 is 15.5 Å². The van der Waals surface area contributed by atoms with Gasteiger partial charge in [0.25, 0.3) is 0 Å².